The van der Waals surface area contributed by atoms with Crippen LogP contribution >= 0.6 is 0 Å². The van der Waals surface area contributed by atoms with E-state index in [4.69, 9.17) is 9.84 Å². The molecule has 0 aromatic carbocycles. The van der Waals surface area contributed by atoms with Crippen LogP contribution in [-0.2, 0) is 14.3 Å². The van der Waals surface area contributed by atoms with Crippen LogP contribution in [0.25, 0.3) is 0 Å². The second-order valence-corrected chi connectivity index (χ2v) is 4.90. The molecule has 0 aromatic heterocycles. The largest absolute Gasteiger partial charge is 0.481 e. The number of rotatable bonds is 7. The molecule has 18 heavy (non-hydrogen) atoms. The van der Waals surface area contributed by atoms with Crippen LogP contribution < -0.4 is 0 Å². The zero-order valence-electron chi connectivity index (χ0n) is 12.4. The van der Waals surface area contributed by atoms with E-state index in [2.05, 4.69) is 20.8 Å². The predicted molar refractivity (Wildman–Crippen MR) is 72.4 cm³/mol. The fourth-order valence-corrected chi connectivity index (χ4v) is 1.07. The van der Waals surface area contributed by atoms with Crippen LogP contribution in [0.5, 0.6) is 0 Å². The minimum absolute atomic E-state index is 0.162. The lowest BCUT2D eigenvalue weighted by molar-refractivity contribution is -0.142. The third-order valence-corrected chi connectivity index (χ3v) is 2.41. The van der Waals surface area contributed by atoms with Crippen LogP contribution in [-0.4, -0.2) is 23.7 Å². The summed E-state index contributed by atoms with van der Waals surface area (Å²) in [6.45, 7) is 10.0. The normalized spacial score (nSPS) is 11.4. The van der Waals surface area contributed by atoms with Gasteiger partial charge in [0, 0.05) is 6.92 Å². The van der Waals surface area contributed by atoms with Crippen LogP contribution in [0.1, 0.15) is 60.3 Å². The molecule has 0 saturated heterocycles. The fraction of sp³-hybridized carbons (Fsp3) is 0.857. The van der Waals surface area contributed by atoms with Gasteiger partial charge < -0.3 is 9.84 Å². The van der Waals surface area contributed by atoms with Gasteiger partial charge in [-0.15, -0.1) is 0 Å². The molecule has 1 atom stereocenters. The molecule has 0 aromatic rings. The van der Waals surface area contributed by atoms with Gasteiger partial charge in [-0.1, -0.05) is 40.5 Å². The van der Waals surface area contributed by atoms with Gasteiger partial charge in [-0.2, -0.15) is 0 Å². The summed E-state index contributed by atoms with van der Waals surface area (Å²) in [5, 5.41) is 8.41. The number of hydrogen-bond acceptors (Lipinski definition) is 3. The van der Waals surface area contributed by atoms with Crippen molar-refractivity contribution in [2.75, 3.05) is 6.61 Å². The van der Waals surface area contributed by atoms with E-state index in [1.807, 2.05) is 0 Å². The summed E-state index contributed by atoms with van der Waals surface area (Å²) in [5.41, 5.74) is 0. The molecule has 4 nitrogen and oxygen atoms in total. The molecule has 1 unspecified atom stereocenters. The van der Waals surface area contributed by atoms with Crippen molar-refractivity contribution >= 4 is 11.9 Å². The minimum Gasteiger partial charge on any atom is -0.481 e. The SMILES string of the molecule is CC(=O)OCCC(C)C.CCCCC(C)C(=O)O. The number of esters is 1. The molecule has 0 bridgehead atoms. The topological polar surface area (TPSA) is 63.6 Å². The minimum atomic E-state index is -0.677. The molecule has 0 aliphatic rings. The lowest BCUT2D eigenvalue weighted by atomic mass is 10.1. The van der Waals surface area contributed by atoms with Gasteiger partial charge in [0.15, 0.2) is 0 Å². The van der Waals surface area contributed by atoms with Gasteiger partial charge >= 0.3 is 11.9 Å². The van der Waals surface area contributed by atoms with Crippen LogP contribution in [0.4, 0.5) is 0 Å². The molecule has 0 heterocycles. The van der Waals surface area contributed by atoms with E-state index in [-0.39, 0.29) is 11.9 Å². The zero-order valence-corrected chi connectivity index (χ0v) is 12.4. The number of hydrogen-bond donors (Lipinski definition) is 1. The van der Waals surface area contributed by atoms with Crippen molar-refractivity contribution in [2.45, 2.75) is 60.3 Å². The van der Waals surface area contributed by atoms with Gasteiger partial charge in [-0.05, 0) is 18.8 Å². The lowest BCUT2D eigenvalue weighted by Gasteiger charge is -2.02. The quantitative estimate of drug-likeness (QED) is 0.712. The Morgan fingerprint density at radius 3 is 2.06 bits per heavy atom. The highest BCUT2D eigenvalue weighted by atomic mass is 16.5. The lowest BCUT2D eigenvalue weighted by Crippen LogP contribution is -2.08. The number of carboxylic acids is 1. The smallest absolute Gasteiger partial charge is 0.306 e. The summed E-state index contributed by atoms with van der Waals surface area (Å²) >= 11 is 0. The van der Waals surface area contributed by atoms with Crippen molar-refractivity contribution in [1.82, 2.24) is 0 Å². The summed E-state index contributed by atoms with van der Waals surface area (Å²) in [4.78, 5) is 20.4. The maximum atomic E-state index is 10.2. The Hall–Kier alpha value is -1.06. The summed E-state index contributed by atoms with van der Waals surface area (Å²) in [6, 6.07) is 0. The first kappa shape index (κ1) is 19.3. The van der Waals surface area contributed by atoms with Crippen LogP contribution in [0, 0.1) is 11.8 Å². The molecule has 0 rings (SSSR count). The number of carboxylic acid groups (broad SMARTS) is 1. The third kappa shape index (κ3) is 17.3. The van der Waals surface area contributed by atoms with Crippen molar-refractivity contribution in [3.8, 4) is 0 Å². The van der Waals surface area contributed by atoms with Crippen molar-refractivity contribution < 1.29 is 19.4 Å². The number of unbranched alkanes of at least 4 members (excludes halogenated alkanes) is 1. The third-order valence-electron chi connectivity index (χ3n) is 2.41. The standard InChI is InChI=1S/2C7H14O2/c1-6(2)4-5-9-7(3)8;1-3-4-5-6(2)7(8)9/h6H,4-5H2,1-3H3;6H,3-5H2,1-2H3,(H,8,9). The van der Waals surface area contributed by atoms with Gasteiger partial charge in [-0.25, -0.2) is 0 Å². The molecule has 1 N–H and O–H groups in total. The predicted octanol–water partition coefficient (Wildman–Crippen LogP) is 3.49. The Bertz CT molecular complexity index is 224. The Labute approximate surface area is 111 Å². The molecule has 0 aliphatic carbocycles. The summed E-state index contributed by atoms with van der Waals surface area (Å²) in [6.07, 6.45) is 3.87. The number of carbonyl (C=O) groups is 2. The van der Waals surface area contributed by atoms with E-state index in [0.29, 0.717) is 12.5 Å². The monoisotopic (exact) mass is 260 g/mol. The van der Waals surface area contributed by atoms with E-state index in [1.54, 1.807) is 6.92 Å². The van der Waals surface area contributed by atoms with E-state index in [1.165, 1.54) is 6.92 Å². The Morgan fingerprint density at radius 1 is 1.17 bits per heavy atom. The van der Waals surface area contributed by atoms with Gasteiger partial charge in [0.25, 0.3) is 0 Å². The second kappa shape index (κ2) is 12.4. The molecule has 4 heteroatoms. The van der Waals surface area contributed by atoms with Crippen LogP contribution in [0.2, 0.25) is 0 Å². The molecule has 0 fully saturated rings. The average Bonchev–Trinajstić information content (AvgIpc) is 2.25. The summed E-state index contributed by atoms with van der Waals surface area (Å²) in [5.74, 6) is -0.409. The van der Waals surface area contributed by atoms with Crippen molar-refractivity contribution in [3.05, 3.63) is 0 Å². The first-order chi connectivity index (χ1) is 8.31. The number of aliphatic carboxylic acids is 1. The van der Waals surface area contributed by atoms with E-state index < -0.39 is 5.97 Å². The second-order valence-electron chi connectivity index (χ2n) is 4.90. The van der Waals surface area contributed by atoms with E-state index in [9.17, 15) is 9.59 Å². The van der Waals surface area contributed by atoms with Crippen molar-refractivity contribution in [2.24, 2.45) is 11.8 Å². The maximum absolute atomic E-state index is 10.2. The fourth-order valence-electron chi connectivity index (χ4n) is 1.07. The first-order valence-corrected chi connectivity index (χ1v) is 6.67. The summed E-state index contributed by atoms with van der Waals surface area (Å²) in [7, 11) is 0. The van der Waals surface area contributed by atoms with E-state index in [0.717, 1.165) is 25.7 Å². The average molecular weight is 260 g/mol. The molecular weight excluding hydrogens is 232 g/mol. The van der Waals surface area contributed by atoms with E-state index >= 15 is 0 Å². The molecule has 0 aliphatic heterocycles. The van der Waals surface area contributed by atoms with Crippen LogP contribution in [0.15, 0.2) is 0 Å². The van der Waals surface area contributed by atoms with Crippen molar-refractivity contribution in [1.29, 1.82) is 0 Å². The maximum Gasteiger partial charge on any atom is 0.306 e. The zero-order chi connectivity index (χ0) is 14.6. The first-order valence-electron chi connectivity index (χ1n) is 6.67. The summed E-state index contributed by atoms with van der Waals surface area (Å²) < 4.78 is 4.71. The van der Waals surface area contributed by atoms with Gasteiger partial charge in [0.1, 0.15) is 0 Å². The molecule has 0 spiro atoms. The van der Waals surface area contributed by atoms with Gasteiger partial charge in [0.2, 0.25) is 0 Å². The Morgan fingerprint density at radius 2 is 1.72 bits per heavy atom. The Kier molecular flexibility index (Phi) is 13.3. The van der Waals surface area contributed by atoms with Crippen molar-refractivity contribution in [3.63, 3.8) is 0 Å². The Balaban J connectivity index is 0. The number of ether oxygens (including phenoxy) is 1. The highest BCUT2D eigenvalue weighted by molar-refractivity contribution is 5.69. The van der Waals surface area contributed by atoms with Gasteiger partial charge in [-0.3, -0.25) is 9.59 Å². The molecule has 0 amide bonds. The van der Waals surface area contributed by atoms with Gasteiger partial charge in [0.05, 0.1) is 12.5 Å². The number of carbonyl (C=O) groups excluding carboxylic acids is 1. The molecule has 0 radical (unpaired) electrons. The molecule has 108 valence electrons. The molecule has 0 saturated carbocycles. The van der Waals surface area contributed by atoms with Crippen LogP contribution in [0.3, 0.4) is 0 Å². The highest BCUT2D eigenvalue weighted by Gasteiger charge is 2.08. The highest BCUT2D eigenvalue weighted by Crippen LogP contribution is 2.06. The molecular formula is C14H28O4.